The molecule has 1 aliphatic heterocycles. The van der Waals surface area contributed by atoms with Gasteiger partial charge in [-0.25, -0.2) is 12.8 Å². The summed E-state index contributed by atoms with van der Waals surface area (Å²) >= 11 is 5.75. The van der Waals surface area contributed by atoms with Crippen molar-refractivity contribution in [2.24, 2.45) is 0 Å². The van der Waals surface area contributed by atoms with E-state index in [1.165, 1.54) is 18.2 Å². The number of benzene rings is 2. The molecule has 0 unspecified atom stereocenters. The van der Waals surface area contributed by atoms with E-state index in [4.69, 9.17) is 11.6 Å². The Balaban J connectivity index is 1.83. The van der Waals surface area contributed by atoms with Crippen LogP contribution in [0, 0.1) is 12.7 Å². The number of hydrogen-bond donors (Lipinski definition) is 2. The highest BCUT2D eigenvalue weighted by Crippen LogP contribution is 2.36. The Labute approximate surface area is 194 Å². The van der Waals surface area contributed by atoms with Crippen molar-refractivity contribution >= 4 is 44.9 Å². The monoisotopic (exact) mass is 490 g/mol. The number of anilines is 2. The Hall–Kier alpha value is -3.24. The Morgan fingerprint density at radius 1 is 1.18 bits per heavy atom. The molecular formula is C22H20ClFN4O4S. The van der Waals surface area contributed by atoms with Gasteiger partial charge in [-0.05, 0) is 48.7 Å². The van der Waals surface area contributed by atoms with Crippen LogP contribution in [0.3, 0.4) is 0 Å². The second kappa shape index (κ2) is 8.60. The van der Waals surface area contributed by atoms with Gasteiger partial charge in [0.1, 0.15) is 11.6 Å². The first-order valence-corrected chi connectivity index (χ1v) is 12.0. The number of nitrogens with zero attached hydrogens (tertiary/aromatic N) is 2. The van der Waals surface area contributed by atoms with Crippen molar-refractivity contribution in [3.63, 3.8) is 0 Å². The van der Waals surface area contributed by atoms with Gasteiger partial charge < -0.3 is 5.32 Å². The molecule has 0 fully saturated rings. The third-order valence-electron chi connectivity index (χ3n) is 5.29. The van der Waals surface area contributed by atoms with Gasteiger partial charge in [-0.2, -0.15) is 9.78 Å². The summed E-state index contributed by atoms with van der Waals surface area (Å²) in [6.07, 6.45) is 0.503. The standard InChI is InChI=1S/C22H20ClFN4O4S/c1-3-16-21(22-25-19(29)8-9-20(30)28(22)26-16)13-5-4-12(2)18(10-13)33(31,32)27-17-7-6-14(23)11-15(17)24/h4-7,10-11,27H,3,8-9H2,1-2H3,(H,25,29). The maximum absolute atomic E-state index is 14.2. The lowest BCUT2D eigenvalue weighted by Crippen LogP contribution is -2.15. The zero-order valence-corrected chi connectivity index (χ0v) is 19.3. The van der Waals surface area contributed by atoms with Crippen molar-refractivity contribution in [1.82, 2.24) is 9.78 Å². The third kappa shape index (κ3) is 4.36. The van der Waals surface area contributed by atoms with Crippen LogP contribution in [0.5, 0.6) is 0 Å². The van der Waals surface area contributed by atoms with Crippen LogP contribution in [-0.2, 0) is 21.2 Å². The van der Waals surface area contributed by atoms with Crippen molar-refractivity contribution in [2.45, 2.75) is 38.0 Å². The van der Waals surface area contributed by atoms with E-state index in [0.717, 1.165) is 10.7 Å². The molecule has 2 heterocycles. The first kappa shape index (κ1) is 22.9. The highest BCUT2D eigenvalue weighted by atomic mass is 35.5. The van der Waals surface area contributed by atoms with E-state index in [0.29, 0.717) is 28.8 Å². The summed E-state index contributed by atoms with van der Waals surface area (Å²) in [5.41, 5.74) is 1.64. The second-order valence-electron chi connectivity index (χ2n) is 7.59. The number of fused-ring (bicyclic) bond motifs is 1. The number of carbonyl (C=O) groups excluding carboxylic acids is 2. The molecular weight excluding hydrogens is 471 g/mol. The van der Waals surface area contributed by atoms with Gasteiger partial charge in [0, 0.05) is 23.4 Å². The zero-order valence-electron chi connectivity index (χ0n) is 17.8. The number of amides is 1. The molecule has 0 radical (unpaired) electrons. The van der Waals surface area contributed by atoms with Crippen molar-refractivity contribution in [1.29, 1.82) is 0 Å². The molecule has 0 saturated carbocycles. The van der Waals surface area contributed by atoms with E-state index in [-0.39, 0.29) is 46.1 Å². The maximum atomic E-state index is 14.2. The molecule has 11 heteroatoms. The lowest BCUT2D eigenvalue weighted by atomic mass is 10.0. The van der Waals surface area contributed by atoms with Crippen LogP contribution < -0.4 is 10.0 Å². The topological polar surface area (TPSA) is 110 Å². The van der Waals surface area contributed by atoms with Crippen LogP contribution in [0.25, 0.3) is 11.1 Å². The van der Waals surface area contributed by atoms with E-state index in [9.17, 15) is 22.4 Å². The van der Waals surface area contributed by atoms with Gasteiger partial charge in [0.15, 0.2) is 0 Å². The number of sulfonamides is 1. The maximum Gasteiger partial charge on any atom is 0.262 e. The number of rotatable bonds is 5. The molecule has 0 atom stereocenters. The molecule has 8 nitrogen and oxygen atoms in total. The van der Waals surface area contributed by atoms with Crippen LogP contribution in [-0.4, -0.2) is 30.0 Å². The fraction of sp³-hybridized carbons (Fsp3) is 0.227. The molecule has 0 bridgehead atoms. The van der Waals surface area contributed by atoms with Crippen LogP contribution in [0.1, 0.15) is 35.8 Å². The molecule has 1 aliphatic rings. The lowest BCUT2D eigenvalue weighted by molar-refractivity contribution is -0.116. The number of carbonyl (C=O) groups is 2. The van der Waals surface area contributed by atoms with Crippen molar-refractivity contribution < 1.29 is 22.4 Å². The predicted molar refractivity (Wildman–Crippen MR) is 122 cm³/mol. The van der Waals surface area contributed by atoms with Crippen LogP contribution in [0.4, 0.5) is 15.9 Å². The Kier molecular flexibility index (Phi) is 5.98. The van der Waals surface area contributed by atoms with Gasteiger partial charge in [0.2, 0.25) is 11.8 Å². The molecule has 2 aromatic carbocycles. The molecule has 0 spiro atoms. The normalized spacial score (nSPS) is 13.9. The number of aromatic nitrogens is 2. The fourth-order valence-electron chi connectivity index (χ4n) is 3.65. The van der Waals surface area contributed by atoms with Crippen LogP contribution in [0.15, 0.2) is 41.3 Å². The number of nitrogens with one attached hydrogen (secondary N) is 2. The summed E-state index contributed by atoms with van der Waals surface area (Å²) < 4.78 is 43.9. The smallest absolute Gasteiger partial charge is 0.262 e. The Morgan fingerprint density at radius 2 is 1.94 bits per heavy atom. The van der Waals surface area contributed by atoms with E-state index in [1.807, 2.05) is 6.92 Å². The molecule has 1 amide bonds. The van der Waals surface area contributed by atoms with Crippen molar-refractivity contribution in [3.05, 3.63) is 58.5 Å². The van der Waals surface area contributed by atoms with Gasteiger partial charge in [0.05, 0.1) is 16.3 Å². The molecule has 4 rings (SSSR count). The first-order valence-electron chi connectivity index (χ1n) is 10.1. The van der Waals surface area contributed by atoms with Crippen LogP contribution in [0.2, 0.25) is 5.02 Å². The van der Waals surface area contributed by atoms with E-state index < -0.39 is 15.8 Å². The van der Waals surface area contributed by atoms with Crippen molar-refractivity contribution in [3.8, 4) is 11.1 Å². The fourth-order valence-corrected chi connectivity index (χ4v) is 5.15. The van der Waals surface area contributed by atoms with Gasteiger partial charge in [-0.15, -0.1) is 0 Å². The van der Waals surface area contributed by atoms with E-state index >= 15 is 0 Å². The second-order valence-corrected chi connectivity index (χ2v) is 9.67. The summed E-state index contributed by atoms with van der Waals surface area (Å²) in [7, 11) is -4.18. The largest absolute Gasteiger partial charge is 0.310 e. The molecule has 0 aliphatic carbocycles. The molecule has 33 heavy (non-hydrogen) atoms. The minimum Gasteiger partial charge on any atom is -0.310 e. The predicted octanol–water partition coefficient (Wildman–Crippen LogP) is 4.39. The number of hydrogen-bond acceptors (Lipinski definition) is 5. The highest BCUT2D eigenvalue weighted by molar-refractivity contribution is 7.92. The number of aryl methyl sites for hydroxylation is 2. The summed E-state index contributed by atoms with van der Waals surface area (Å²) in [5, 5.41) is 7.20. The summed E-state index contributed by atoms with van der Waals surface area (Å²) in [5.74, 6) is -1.26. The average Bonchev–Trinajstić information content (AvgIpc) is 3.05. The summed E-state index contributed by atoms with van der Waals surface area (Å²) in [4.78, 5) is 24.5. The van der Waals surface area contributed by atoms with Gasteiger partial charge in [0.25, 0.3) is 10.0 Å². The minimum atomic E-state index is -4.18. The molecule has 3 aromatic rings. The molecule has 1 aromatic heterocycles. The Morgan fingerprint density at radius 3 is 2.64 bits per heavy atom. The van der Waals surface area contributed by atoms with Gasteiger partial charge in [-0.1, -0.05) is 30.7 Å². The molecule has 2 N–H and O–H groups in total. The Bertz CT molecular complexity index is 1400. The SMILES string of the molecule is CCc1nn2c(c1-c1ccc(C)c(S(=O)(=O)Nc3ccc(Cl)cc3F)c1)NC(=O)CCC2=O. The summed E-state index contributed by atoms with van der Waals surface area (Å²) in [6.45, 7) is 3.45. The van der Waals surface area contributed by atoms with Gasteiger partial charge >= 0.3 is 0 Å². The molecule has 172 valence electrons. The quantitative estimate of drug-likeness (QED) is 0.551. The van der Waals surface area contributed by atoms with Crippen molar-refractivity contribution in [2.75, 3.05) is 10.0 Å². The average molecular weight is 491 g/mol. The minimum absolute atomic E-state index is 0.0210. The van der Waals surface area contributed by atoms with E-state index in [2.05, 4.69) is 15.1 Å². The number of halogens is 2. The van der Waals surface area contributed by atoms with Crippen LogP contribution >= 0.6 is 11.6 Å². The zero-order chi connectivity index (χ0) is 23.9. The lowest BCUT2D eigenvalue weighted by Gasteiger charge is -2.14. The molecule has 0 saturated heterocycles. The van der Waals surface area contributed by atoms with E-state index in [1.54, 1.807) is 19.1 Å². The van der Waals surface area contributed by atoms with Gasteiger partial charge in [-0.3, -0.25) is 14.3 Å². The first-order chi connectivity index (χ1) is 15.6. The third-order valence-corrected chi connectivity index (χ3v) is 7.04. The summed E-state index contributed by atoms with van der Waals surface area (Å²) in [6, 6.07) is 8.34. The highest BCUT2D eigenvalue weighted by Gasteiger charge is 2.28.